The SMILES string of the molecule is CCCCc1n(CCC)c(C)c[n+]1C(C)C(=O)O. The maximum atomic E-state index is 11.2. The first-order valence-electron chi connectivity index (χ1n) is 6.85. The lowest BCUT2D eigenvalue weighted by molar-refractivity contribution is -0.714. The molecule has 4 heteroatoms. The highest BCUT2D eigenvalue weighted by Gasteiger charge is 2.27. The van der Waals surface area contributed by atoms with E-state index in [0.717, 1.165) is 43.7 Å². The lowest BCUT2D eigenvalue weighted by Gasteiger charge is -2.07. The molecule has 1 heterocycles. The van der Waals surface area contributed by atoms with Crippen molar-refractivity contribution in [3.05, 3.63) is 17.7 Å². The average molecular weight is 253 g/mol. The van der Waals surface area contributed by atoms with Crippen LogP contribution in [0.4, 0.5) is 0 Å². The van der Waals surface area contributed by atoms with Gasteiger partial charge in [0.25, 0.3) is 5.82 Å². The third-order valence-corrected chi connectivity index (χ3v) is 3.34. The highest BCUT2D eigenvalue weighted by Crippen LogP contribution is 2.11. The maximum absolute atomic E-state index is 11.2. The van der Waals surface area contributed by atoms with Gasteiger partial charge in [-0.1, -0.05) is 20.3 Å². The molecule has 0 aliphatic rings. The van der Waals surface area contributed by atoms with Crippen LogP contribution in [-0.4, -0.2) is 15.6 Å². The molecule has 1 unspecified atom stereocenters. The fraction of sp³-hybridized carbons (Fsp3) is 0.714. The van der Waals surface area contributed by atoms with E-state index in [-0.39, 0.29) is 0 Å². The summed E-state index contributed by atoms with van der Waals surface area (Å²) in [5, 5.41) is 9.19. The van der Waals surface area contributed by atoms with Gasteiger partial charge in [-0.05, 0) is 19.8 Å². The first-order chi connectivity index (χ1) is 8.52. The molecule has 1 aromatic heterocycles. The molecule has 0 aromatic carbocycles. The van der Waals surface area contributed by atoms with Gasteiger partial charge >= 0.3 is 5.97 Å². The first-order valence-corrected chi connectivity index (χ1v) is 6.85. The quantitative estimate of drug-likeness (QED) is 0.759. The minimum absolute atomic E-state index is 0.492. The number of imidazole rings is 1. The third-order valence-electron chi connectivity index (χ3n) is 3.34. The highest BCUT2D eigenvalue weighted by atomic mass is 16.4. The van der Waals surface area contributed by atoms with Gasteiger partial charge in [-0.25, -0.2) is 13.9 Å². The molecule has 0 saturated heterocycles. The van der Waals surface area contributed by atoms with Crippen molar-refractivity contribution in [1.82, 2.24) is 4.57 Å². The monoisotopic (exact) mass is 253 g/mol. The van der Waals surface area contributed by atoms with Crippen molar-refractivity contribution in [1.29, 1.82) is 0 Å². The van der Waals surface area contributed by atoms with Gasteiger partial charge in [0.1, 0.15) is 11.9 Å². The average Bonchev–Trinajstić information content (AvgIpc) is 2.63. The number of rotatable bonds is 7. The van der Waals surface area contributed by atoms with E-state index in [1.807, 2.05) is 10.8 Å². The van der Waals surface area contributed by atoms with Crippen LogP contribution in [0.1, 0.15) is 57.6 Å². The second kappa shape index (κ2) is 6.57. The fourth-order valence-electron chi connectivity index (χ4n) is 2.27. The Balaban J connectivity index is 3.15. The van der Waals surface area contributed by atoms with Gasteiger partial charge in [0.15, 0.2) is 6.04 Å². The summed E-state index contributed by atoms with van der Waals surface area (Å²) in [6.07, 6.45) is 6.20. The molecule has 1 aromatic rings. The molecule has 1 N–H and O–H groups in total. The summed E-state index contributed by atoms with van der Waals surface area (Å²) >= 11 is 0. The smallest absolute Gasteiger partial charge is 0.349 e. The summed E-state index contributed by atoms with van der Waals surface area (Å²) in [7, 11) is 0. The van der Waals surface area contributed by atoms with Gasteiger partial charge in [-0.15, -0.1) is 0 Å². The van der Waals surface area contributed by atoms with E-state index < -0.39 is 12.0 Å². The van der Waals surface area contributed by atoms with E-state index in [1.54, 1.807) is 6.92 Å². The molecule has 1 atom stereocenters. The predicted octanol–water partition coefficient (Wildman–Crippen LogP) is 2.48. The summed E-state index contributed by atoms with van der Waals surface area (Å²) in [5.74, 6) is 0.373. The Labute approximate surface area is 109 Å². The second-order valence-electron chi connectivity index (χ2n) is 4.86. The molecule has 0 spiro atoms. The van der Waals surface area contributed by atoms with Gasteiger partial charge in [0.05, 0.1) is 6.54 Å². The van der Waals surface area contributed by atoms with Gasteiger partial charge in [0.2, 0.25) is 0 Å². The van der Waals surface area contributed by atoms with Crippen molar-refractivity contribution in [2.45, 2.75) is 66.0 Å². The highest BCUT2D eigenvalue weighted by molar-refractivity contribution is 5.69. The van der Waals surface area contributed by atoms with E-state index >= 15 is 0 Å². The number of aliphatic carboxylic acids is 1. The van der Waals surface area contributed by atoms with Gasteiger partial charge in [-0.3, -0.25) is 0 Å². The van der Waals surface area contributed by atoms with E-state index in [4.69, 9.17) is 0 Å². The number of hydrogen-bond donors (Lipinski definition) is 1. The van der Waals surface area contributed by atoms with Gasteiger partial charge in [0, 0.05) is 13.3 Å². The fourth-order valence-corrected chi connectivity index (χ4v) is 2.27. The maximum Gasteiger partial charge on any atom is 0.349 e. The molecule has 0 bridgehead atoms. The Kier molecular flexibility index (Phi) is 5.38. The number of carbonyl (C=O) groups is 1. The number of carboxylic acid groups (broad SMARTS) is 1. The van der Waals surface area contributed by atoms with Crippen molar-refractivity contribution < 1.29 is 14.5 Å². The Bertz CT molecular complexity index is 410. The Morgan fingerprint density at radius 2 is 2.11 bits per heavy atom. The molecule has 1 rings (SSSR count). The zero-order chi connectivity index (χ0) is 13.7. The van der Waals surface area contributed by atoms with E-state index in [0.29, 0.717) is 0 Å². The molecule has 0 aliphatic heterocycles. The minimum Gasteiger partial charge on any atom is -0.478 e. The molecule has 0 radical (unpaired) electrons. The third kappa shape index (κ3) is 3.12. The van der Waals surface area contributed by atoms with Gasteiger partial charge < -0.3 is 5.11 Å². The molecule has 0 amide bonds. The summed E-state index contributed by atoms with van der Waals surface area (Å²) in [5.41, 5.74) is 1.15. The zero-order valence-corrected chi connectivity index (χ0v) is 11.9. The van der Waals surface area contributed by atoms with Crippen LogP contribution in [0.2, 0.25) is 0 Å². The van der Waals surface area contributed by atoms with Crippen LogP contribution in [0, 0.1) is 6.92 Å². The van der Waals surface area contributed by atoms with Crippen LogP contribution in [-0.2, 0) is 17.8 Å². The predicted molar refractivity (Wildman–Crippen MR) is 70.6 cm³/mol. The molecular weight excluding hydrogens is 228 g/mol. The van der Waals surface area contributed by atoms with Crippen LogP contribution >= 0.6 is 0 Å². The minimum atomic E-state index is -0.772. The first kappa shape index (κ1) is 14.7. The summed E-state index contributed by atoms with van der Waals surface area (Å²) < 4.78 is 4.18. The largest absolute Gasteiger partial charge is 0.478 e. The Morgan fingerprint density at radius 3 is 2.61 bits per heavy atom. The molecule has 0 fully saturated rings. The van der Waals surface area contributed by atoms with Crippen molar-refractivity contribution >= 4 is 5.97 Å². The number of hydrogen-bond acceptors (Lipinski definition) is 1. The summed E-state index contributed by atoms with van der Waals surface area (Å²) in [6.45, 7) is 9.06. The van der Waals surface area contributed by atoms with Crippen LogP contribution in [0.3, 0.4) is 0 Å². The van der Waals surface area contributed by atoms with Crippen molar-refractivity contribution in [2.75, 3.05) is 0 Å². The second-order valence-corrected chi connectivity index (χ2v) is 4.86. The summed E-state index contributed by atoms with van der Waals surface area (Å²) in [6, 6.07) is -0.492. The molecule has 4 nitrogen and oxygen atoms in total. The number of nitrogens with zero attached hydrogens (tertiary/aromatic N) is 2. The normalized spacial score (nSPS) is 12.7. The van der Waals surface area contributed by atoms with Crippen LogP contribution in [0.25, 0.3) is 0 Å². The lowest BCUT2D eigenvalue weighted by atomic mass is 10.2. The Hall–Kier alpha value is -1.32. The van der Waals surface area contributed by atoms with Gasteiger partial charge in [-0.2, -0.15) is 0 Å². The van der Waals surface area contributed by atoms with Crippen LogP contribution in [0.15, 0.2) is 6.20 Å². The van der Waals surface area contributed by atoms with Crippen LogP contribution < -0.4 is 4.57 Å². The molecule has 18 heavy (non-hydrogen) atoms. The molecule has 102 valence electrons. The zero-order valence-electron chi connectivity index (χ0n) is 11.9. The molecule has 0 saturated carbocycles. The number of aromatic nitrogens is 2. The standard InChI is InChI=1S/C14H24N2O2/c1-5-7-8-13-15(9-6-2)11(3)10-16(13)12(4)14(17)18/h10,12H,5-9H2,1-4H3/p+1. The number of aryl methyl sites for hydroxylation is 1. The van der Waals surface area contributed by atoms with Crippen molar-refractivity contribution in [3.63, 3.8) is 0 Å². The Morgan fingerprint density at radius 1 is 1.44 bits per heavy atom. The van der Waals surface area contributed by atoms with Crippen molar-refractivity contribution in [2.24, 2.45) is 0 Å². The van der Waals surface area contributed by atoms with Crippen molar-refractivity contribution in [3.8, 4) is 0 Å². The van der Waals surface area contributed by atoms with E-state index in [9.17, 15) is 9.90 Å². The van der Waals surface area contributed by atoms with Crippen LogP contribution in [0.5, 0.6) is 0 Å². The summed E-state index contributed by atoms with van der Waals surface area (Å²) in [4.78, 5) is 11.2. The molecule has 0 aliphatic carbocycles. The molecular formula is C14H25N2O2+. The number of carboxylic acids is 1. The lowest BCUT2D eigenvalue weighted by Crippen LogP contribution is -2.44. The topological polar surface area (TPSA) is 46.1 Å². The van der Waals surface area contributed by atoms with E-state index in [1.165, 1.54) is 0 Å². The number of unbranched alkanes of at least 4 members (excludes halogenated alkanes) is 1. The van der Waals surface area contributed by atoms with E-state index in [2.05, 4.69) is 25.3 Å².